The number of ketones is 1. The maximum absolute atomic E-state index is 11.4. The monoisotopic (exact) mass is 244 g/mol. The highest BCUT2D eigenvalue weighted by molar-refractivity contribution is 5.94. The van der Waals surface area contributed by atoms with Crippen LogP contribution in [-0.4, -0.2) is 5.78 Å². The Bertz CT molecular complexity index is 400. The molecule has 1 aromatic rings. The molecule has 98 valence electrons. The van der Waals surface area contributed by atoms with Crippen LogP contribution in [0.4, 0.5) is 0 Å². The van der Waals surface area contributed by atoms with E-state index in [1.54, 1.807) is 6.92 Å². The number of carbonyl (C=O) groups is 1. The van der Waals surface area contributed by atoms with Crippen LogP contribution in [0.3, 0.4) is 0 Å². The van der Waals surface area contributed by atoms with Gasteiger partial charge in [0.1, 0.15) is 0 Å². The van der Waals surface area contributed by atoms with Crippen LogP contribution in [0.5, 0.6) is 0 Å². The Hall–Kier alpha value is -1.11. The molecule has 0 aromatic heterocycles. The van der Waals surface area contributed by atoms with Crippen LogP contribution in [0.25, 0.3) is 0 Å². The summed E-state index contributed by atoms with van der Waals surface area (Å²) in [6.45, 7) is 3.93. The summed E-state index contributed by atoms with van der Waals surface area (Å²) in [6.07, 6.45) is 8.03. The molecule has 1 nitrogen and oxygen atoms in total. The summed E-state index contributed by atoms with van der Waals surface area (Å²) in [5, 5.41) is 0. The first kappa shape index (κ1) is 13.3. The number of Topliss-reactive ketones (excluding diaryl/α,β-unsaturated/α-hetero) is 1. The van der Waals surface area contributed by atoms with Crippen molar-refractivity contribution in [1.29, 1.82) is 0 Å². The summed E-state index contributed by atoms with van der Waals surface area (Å²) in [5.74, 6) is 1.80. The lowest BCUT2D eigenvalue weighted by atomic mass is 9.77. The molecule has 0 aliphatic heterocycles. The maximum atomic E-state index is 11.4. The third-order valence-corrected chi connectivity index (χ3v) is 4.31. The average molecular weight is 244 g/mol. The molecule has 0 spiro atoms. The van der Waals surface area contributed by atoms with Gasteiger partial charge in [0.15, 0.2) is 5.78 Å². The molecule has 1 aromatic carbocycles. The molecule has 2 rings (SSSR count). The maximum Gasteiger partial charge on any atom is 0.159 e. The topological polar surface area (TPSA) is 17.1 Å². The highest BCUT2D eigenvalue weighted by Gasteiger charge is 2.21. The molecule has 1 aliphatic carbocycles. The third kappa shape index (κ3) is 3.22. The SMILES string of the molecule is CCCC1CCC(c2cccc(C(C)=O)c2)CC1. The lowest BCUT2D eigenvalue weighted by Crippen LogP contribution is -2.13. The van der Waals surface area contributed by atoms with Crippen molar-refractivity contribution in [3.05, 3.63) is 35.4 Å². The van der Waals surface area contributed by atoms with Gasteiger partial charge in [-0.15, -0.1) is 0 Å². The van der Waals surface area contributed by atoms with Crippen molar-refractivity contribution in [2.45, 2.75) is 58.3 Å². The minimum Gasteiger partial charge on any atom is -0.295 e. The van der Waals surface area contributed by atoms with E-state index in [1.165, 1.54) is 44.1 Å². The van der Waals surface area contributed by atoms with Gasteiger partial charge >= 0.3 is 0 Å². The molecular weight excluding hydrogens is 220 g/mol. The molecule has 0 bridgehead atoms. The molecule has 0 N–H and O–H groups in total. The average Bonchev–Trinajstić information content (AvgIpc) is 2.40. The van der Waals surface area contributed by atoms with Crippen LogP contribution in [0.15, 0.2) is 24.3 Å². The molecule has 1 saturated carbocycles. The standard InChI is InChI=1S/C17H24O/c1-3-5-14-8-10-15(11-9-14)17-7-4-6-16(12-17)13(2)18/h4,6-7,12,14-15H,3,5,8-11H2,1-2H3. The van der Waals surface area contributed by atoms with Crippen molar-refractivity contribution < 1.29 is 4.79 Å². The van der Waals surface area contributed by atoms with E-state index in [0.29, 0.717) is 5.92 Å². The number of carbonyl (C=O) groups excluding carboxylic acids is 1. The molecule has 1 heteroatoms. The molecule has 18 heavy (non-hydrogen) atoms. The molecular formula is C17H24O. The van der Waals surface area contributed by atoms with Crippen molar-refractivity contribution in [2.24, 2.45) is 5.92 Å². The summed E-state index contributed by atoms with van der Waals surface area (Å²) in [6, 6.07) is 8.25. The first-order valence-corrected chi connectivity index (χ1v) is 7.31. The van der Waals surface area contributed by atoms with E-state index in [0.717, 1.165) is 11.5 Å². The molecule has 0 radical (unpaired) electrons. The Balaban J connectivity index is 2.01. The zero-order valence-corrected chi connectivity index (χ0v) is 11.6. The van der Waals surface area contributed by atoms with Gasteiger partial charge in [-0.3, -0.25) is 4.79 Å². The largest absolute Gasteiger partial charge is 0.295 e. The fourth-order valence-electron chi connectivity index (χ4n) is 3.20. The van der Waals surface area contributed by atoms with E-state index in [1.807, 2.05) is 12.1 Å². The predicted octanol–water partition coefficient (Wildman–Crippen LogP) is 4.96. The fourth-order valence-corrected chi connectivity index (χ4v) is 3.20. The zero-order valence-electron chi connectivity index (χ0n) is 11.6. The van der Waals surface area contributed by atoms with E-state index in [-0.39, 0.29) is 5.78 Å². The van der Waals surface area contributed by atoms with Crippen molar-refractivity contribution in [1.82, 2.24) is 0 Å². The second-order valence-corrected chi connectivity index (χ2v) is 5.69. The van der Waals surface area contributed by atoms with Gasteiger partial charge in [-0.1, -0.05) is 38.0 Å². The van der Waals surface area contributed by atoms with Gasteiger partial charge in [0, 0.05) is 5.56 Å². The van der Waals surface area contributed by atoms with E-state index >= 15 is 0 Å². The molecule has 0 amide bonds. The second kappa shape index (κ2) is 6.17. The predicted molar refractivity (Wildman–Crippen MR) is 76.1 cm³/mol. The summed E-state index contributed by atoms with van der Waals surface area (Å²) in [5.41, 5.74) is 2.24. The summed E-state index contributed by atoms with van der Waals surface area (Å²) < 4.78 is 0. The molecule has 0 atom stereocenters. The second-order valence-electron chi connectivity index (χ2n) is 5.69. The Kier molecular flexibility index (Phi) is 4.57. The smallest absolute Gasteiger partial charge is 0.159 e. The van der Waals surface area contributed by atoms with Crippen LogP contribution in [0.1, 0.15) is 74.2 Å². The summed E-state index contributed by atoms with van der Waals surface area (Å²) in [4.78, 5) is 11.4. The van der Waals surface area contributed by atoms with Crippen molar-refractivity contribution in [3.63, 3.8) is 0 Å². The minimum atomic E-state index is 0.177. The normalized spacial score (nSPS) is 23.9. The van der Waals surface area contributed by atoms with Gasteiger partial charge < -0.3 is 0 Å². The Morgan fingerprint density at radius 2 is 1.94 bits per heavy atom. The molecule has 0 heterocycles. The quantitative estimate of drug-likeness (QED) is 0.684. The molecule has 0 saturated heterocycles. The van der Waals surface area contributed by atoms with Crippen LogP contribution in [0, 0.1) is 5.92 Å². The van der Waals surface area contributed by atoms with Crippen LogP contribution in [-0.2, 0) is 0 Å². The van der Waals surface area contributed by atoms with Gasteiger partial charge in [-0.25, -0.2) is 0 Å². The molecule has 0 unspecified atom stereocenters. The highest BCUT2D eigenvalue weighted by Crippen LogP contribution is 2.37. The van der Waals surface area contributed by atoms with Crippen molar-refractivity contribution >= 4 is 5.78 Å². The summed E-state index contributed by atoms with van der Waals surface area (Å²) >= 11 is 0. The number of rotatable bonds is 4. The first-order chi connectivity index (χ1) is 8.70. The third-order valence-electron chi connectivity index (χ3n) is 4.31. The van der Waals surface area contributed by atoms with Gasteiger partial charge in [0.2, 0.25) is 0 Å². The van der Waals surface area contributed by atoms with Crippen LogP contribution in [0.2, 0.25) is 0 Å². The van der Waals surface area contributed by atoms with E-state index in [4.69, 9.17) is 0 Å². The minimum absolute atomic E-state index is 0.177. The molecule has 1 fully saturated rings. The number of hydrogen-bond donors (Lipinski definition) is 0. The number of hydrogen-bond acceptors (Lipinski definition) is 1. The fraction of sp³-hybridized carbons (Fsp3) is 0.588. The van der Waals surface area contributed by atoms with Crippen molar-refractivity contribution in [3.8, 4) is 0 Å². The Morgan fingerprint density at radius 1 is 1.22 bits per heavy atom. The number of benzene rings is 1. The lowest BCUT2D eigenvalue weighted by Gasteiger charge is -2.28. The zero-order chi connectivity index (χ0) is 13.0. The highest BCUT2D eigenvalue weighted by atomic mass is 16.1. The Labute approximate surface area is 111 Å². The van der Waals surface area contributed by atoms with Crippen molar-refractivity contribution in [2.75, 3.05) is 0 Å². The van der Waals surface area contributed by atoms with Crippen LogP contribution >= 0.6 is 0 Å². The van der Waals surface area contributed by atoms with Gasteiger partial charge in [-0.2, -0.15) is 0 Å². The van der Waals surface area contributed by atoms with E-state index < -0.39 is 0 Å². The van der Waals surface area contributed by atoms with Gasteiger partial charge in [-0.05, 0) is 56.1 Å². The van der Waals surface area contributed by atoms with Crippen LogP contribution < -0.4 is 0 Å². The Morgan fingerprint density at radius 3 is 2.56 bits per heavy atom. The lowest BCUT2D eigenvalue weighted by molar-refractivity contribution is 0.101. The van der Waals surface area contributed by atoms with Gasteiger partial charge in [0.25, 0.3) is 0 Å². The molecule has 1 aliphatic rings. The summed E-state index contributed by atoms with van der Waals surface area (Å²) in [7, 11) is 0. The van der Waals surface area contributed by atoms with Gasteiger partial charge in [0.05, 0.1) is 0 Å². The van der Waals surface area contributed by atoms with E-state index in [9.17, 15) is 4.79 Å². The van der Waals surface area contributed by atoms with E-state index in [2.05, 4.69) is 19.1 Å². The first-order valence-electron chi connectivity index (χ1n) is 7.31.